The van der Waals surface area contributed by atoms with Gasteiger partial charge >= 0.3 is 7.57 Å². The summed E-state index contributed by atoms with van der Waals surface area (Å²) in [4.78, 5) is 0. The van der Waals surface area contributed by atoms with E-state index in [9.17, 15) is 0 Å². The minimum Gasteiger partial charge on any atom is -0.412 e. The molecule has 5 nitrogen and oxygen atoms in total. The summed E-state index contributed by atoms with van der Waals surface area (Å²) in [5, 5.41) is 32.3. The normalized spacial score (nSPS) is 6.80. The first-order chi connectivity index (χ1) is 4.24. The van der Waals surface area contributed by atoms with Gasteiger partial charge in [-0.25, -0.2) is 21.0 Å². The fourth-order valence-corrected chi connectivity index (χ4v) is 0.173. The van der Waals surface area contributed by atoms with Crippen molar-refractivity contribution in [2.24, 2.45) is 0 Å². The molecule has 0 saturated carbocycles. The molecule has 0 aromatic heterocycles. The van der Waals surface area contributed by atoms with Crippen LogP contribution >= 0.6 is 0 Å². The van der Waals surface area contributed by atoms with Crippen molar-refractivity contribution in [1.82, 2.24) is 0 Å². The van der Waals surface area contributed by atoms with Crippen molar-refractivity contribution in [1.29, 1.82) is 21.0 Å². The average molecular weight is 134 g/mol. The molecule has 0 saturated heterocycles. The predicted molar refractivity (Wildman–Crippen MR) is 32.9 cm³/mol. The van der Waals surface area contributed by atoms with Gasteiger partial charge in [0.2, 0.25) is 0 Å². The summed E-state index contributed by atoms with van der Waals surface area (Å²) >= 11 is 0. The smallest absolute Gasteiger partial charge is 0.412 e. The zero-order valence-electron chi connectivity index (χ0n) is 5.87. The molecule has 6 heteroatoms. The molecule has 0 atom stereocenters. The quantitative estimate of drug-likeness (QED) is 0.392. The Kier molecular flexibility index (Phi) is 4.27. The average Bonchev–Trinajstić information content (AvgIpc) is 1.95. The fraction of sp³-hybridized carbons (Fsp3) is 0. The highest BCUT2D eigenvalue weighted by Gasteiger charge is 2.22. The summed E-state index contributed by atoms with van der Waals surface area (Å²) < 4.78 is 0. The van der Waals surface area contributed by atoms with E-state index in [0.717, 1.165) is 0 Å². The van der Waals surface area contributed by atoms with Crippen LogP contribution in [0.5, 0.6) is 0 Å². The lowest BCUT2D eigenvalue weighted by Gasteiger charge is -1.98. The molecule has 0 bridgehead atoms. The van der Waals surface area contributed by atoms with Crippen LogP contribution in [-0.4, -0.2) is 11.6 Å². The minimum absolute atomic E-state index is 0. The van der Waals surface area contributed by atoms with Crippen LogP contribution in [0.4, 0.5) is 0 Å². The van der Waals surface area contributed by atoms with Gasteiger partial charge in [-0.1, -0.05) is 0 Å². The van der Waals surface area contributed by atoms with E-state index in [0.29, 0.717) is 0 Å². The Balaban J connectivity index is -0.000000320. The van der Waals surface area contributed by atoms with Gasteiger partial charge in [-0.2, -0.15) is 0 Å². The van der Waals surface area contributed by atoms with Crippen molar-refractivity contribution in [2.45, 2.75) is 0 Å². The van der Waals surface area contributed by atoms with Crippen LogP contribution in [0.25, 0.3) is 0 Å². The van der Waals surface area contributed by atoms with Crippen LogP contribution in [0.15, 0.2) is 0 Å². The number of nitriles is 4. The molecule has 0 amide bonds. The van der Waals surface area contributed by atoms with Gasteiger partial charge in [-0.05, 0) is 0 Å². The maximum Gasteiger partial charge on any atom is 1.00 e. The van der Waals surface area contributed by atoms with Gasteiger partial charge in [0, 0.05) is 0 Å². The van der Waals surface area contributed by atoms with Gasteiger partial charge < -0.3 is 5.48 Å². The van der Waals surface area contributed by atoms with E-state index in [2.05, 4.69) is 0 Å². The molecule has 0 rings (SSSR count). The van der Waals surface area contributed by atoms with Gasteiger partial charge in [0.1, 0.15) is 0 Å². The molecule has 0 unspecified atom stereocenters. The maximum absolute atomic E-state index is 8.09. The first-order valence-corrected chi connectivity index (χ1v) is 2.05. The lowest BCUT2D eigenvalue weighted by molar-refractivity contribution is 0.824. The molecule has 0 spiro atoms. The largest absolute Gasteiger partial charge is 1.00 e. The SMILES string of the molecule is N#C[B-](C#N)(C#N)C#N.O.[H+]. The van der Waals surface area contributed by atoms with Crippen molar-refractivity contribution in [3.05, 3.63) is 0 Å². The van der Waals surface area contributed by atoms with E-state index < -0.39 is 6.15 Å². The van der Waals surface area contributed by atoms with Crippen LogP contribution in [0.2, 0.25) is 0 Å². The second-order valence-electron chi connectivity index (χ2n) is 1.38. The zero-order valence-corrected chi connectivity index (χ0v) is 4.87. The molecule has 0 aliphatic carbocycles. The Hall–Kier alpha value is -2.02. The van der Waals surface area contributed by atoms with Crippen molar-refractivity contribution >= 4 is 6.15 Å². The topological polar surface area (TPSA) is 127 Å². The molecule has 0 aromatic carbocycles. The molecule has 0 fully saturated rings. The number of nitrogens with zero attached hydrogens (tertiary/aromatic N) is 4. The molecular weight excluding hydrogens is 131 g/mol. The van der Waals surface area contributed by atoms with Crippen molar-refractivity contribution in [2.75, 3.05) is 0 Å². The Morgan fingerprint density at radius 2 is 1.00 bits per heavy atom. The molecule has 0 aliphatic rings. The van der Waals surface area contributed by atoms with Crippen LogP contribution < -0.4 is 0 Å². The van der Waals surface area contributed by atoms with Gasteiger partial charge in [0.25, 0.3) is 0 Å². The summed E-state index contributed by atoms with van der Waals surface area (Å²) in [6.07, 6.45) is -2.72. The number of rotatable bonds is 0. The second-order valence-corrected chi connectivity index (χ2v) is 1.38. The standard InChI is InChI=1S/C4BN4.H2O/c6-1-5(2-7,3-8)4-9;/h;1H2/q-1;/p+1. The summed E-state index contributed by atoms with van der Waals surface area (Å²) in [5.41, 5.74) is 0. The Morgan fingerprint density at radius 3 is 1.00 bits per heavy atom. The van der Waals surface area contributed by atoms with E-state index in [4.69, 9.17) is 21.0 Å². The summed E-state index contributed by atoms with van der Waals surface area (Å²) in [5.74, 6) is 5.38. The third-order valence-corrected chi connectivity index (χ3v) is 0.775. The molecule has 10 heavy (non-hydrogen) atoms. The first-order valence-electron chi connectivity index (χ1n) is 2.05. The van der Waals surface area contributed by atoms with E-state index >= 15 is 0 Å². The second kappa shape index (κ2) is 3.92. The lowest BCUT2D eigenvalue weighted by atomic mass is 9.30. The molecule has 0 radical (unpaired) electrons. The highest BCUT2D eigenvalue weighted by atomic mass is 16.0. The first kappa shape index (κ1) is 10.9. The van der Waals surface area contributed by atoms with Gasteiger partial charge in [0.15, 0.2) is 0 Å². The van der Waals surface area contributed by atoms with E-state index in [1.807, 2.05) is 0 Å². The summed E-state index contributed by atoms with van der Waals surface area (Å²) in [6, 6.07) is 0. The van der Waals surface area contributed by atoms with E-state index in [1.54, 1.807) is 0 Å². The van der Waals surface area contributed by atoms with Crippen molar-refractivity contribution < 1.29 is 6.90 Å². The van der Waals surface area contributed by atoms with Crippen LogP contribution in [0.1, 0.15) is 1.43 Å². The predicted octanol–water partition coefficient (Wildman–Crippen LogP) is -1.03. The maximum atomic E-state index is 8.09. The highest BCUT2D eigenvalue weighted by Crippen LogP contribution is 1.92. The summed E-state index contributed by atoms with van der Waals surface area (Å²) in [7, 11) is 0. The Labute approximate surface area is 59.0 Å². The number of hydrogen-bond acceptors (Lipinski definition) is 4. The fourth-order valence-electron chi connectivity index (χ4n) is 0.173. The third kappa shape index (κ3) is 1.49. The number of hydrogen-bond donors (Lipinski definition) is 0. The summed E-state index contributed by atoms with van der Waals surface area (Å²) in [6.45, 7) is 0. The molecular formula is C4H3BN4O. The minimum atomic E-state index is -2.72. The Morgan fingerprint density at radius 1 is 0.800 bits per heavy atom. The zero-order chi connectivity index (χ0) is 7.33. The molecule has 0 aliphatic heterocycles. The highest BCUT2D eigenvalue weighted by molar-refractivity contribution is 7.05. The van der Waals surface area contributed by atoms with Crippen molar-refractivity contribution in [3.8, 4) is 23.9 Å². The van der Waals surface area contributed by atoms with Gasteiger partial charge in [-0.3, -0.25) is 0 Å². The van der Waals surface area contributed by atoms with Gasteiger partial charge in [-0.15, -0.1) is 23.9 Å². The van der Waals surface area contributed by atoms with Crippen LogP contribution in [0.3, 0.4) is 0 Å². The molecule has 0 heterocycles. The van der Waals surface area contributed by atoms with E-state index in [-0.39, 0.29) is 6.90 Å². The van der Waals surface area contributed by atoms with Crippen LogP contribution in [-0.2, 0) is 0 Å². The molecule has 2 N–H and O–H groups in total. The van der Waals surface area contributed by atoms with Gasteiger partial charge in [0.05, 0.1) is 0 Å². The monoisotopic (exact) mass is 134 g/mol. The van der Waals surface area contributed by atoms with Crippen LogP contribution in [0, 0.1) is 44.9 Å². The van der Waals surface area contributed by atoms with E-state index in [1.165, 1.54) is 23.9 Å². The third-order valence-electron chi connectivity index (χ3n) is 0.775. The molecule has 48 valence electrons. The van der Waals surface area contributed by atoms with Crippen molar-refractivity contribution in [3.63, 3.8) is 0 Å². The lowest BCUT2D eigenvalue weighted by Crippen LogP contribution is -2.26. The molecule has 0 aromatic rings. The Bertz CT molecular complexity index is 215.